The zero-order valence-corrected chi connectivity index (χ0v) is 13.5. The van der Waals surface area contributed by atoms with Gasteiger partial charge < -0.3 is 10.5 Å². The van der Waals surface area contributed by atoms with Crippen LogP contribution in [-0.2, 0) is 6.42 Å². The third kappa shape index (κ3) is 2.04. The Morgan fingerprint density at radius 2 is 2.08 bits per heavy atom. The number of benzene rings is 1. The van der Waals surface area contributed by atoms with Crippen molar-refractivity contribution in [2.24, 2.45) is 5.92 Å². The van der Waals surface area contributed by atoms with E-state index < -0.39 is 0 Å². The average molecular weight is 325 g/mol. The van der Waals surface area contributed by atoms with Gasteiger partial charge in [0.25, 0.3) is 0 Å². The lowest BCUT2D eigenvalue weighted by molar-refractivity contribution is -0.0814. The summed E-state index contributed by atoms with van der Waals surface area (Å²) in [4.78, 5) is 6.99. The zero-order valence-electron chi connectivity index (χ0n) is 13.5. The van der Waals surface area contributed by atoms with Crippen molar-refractivity contribution in [3.63, 3.8) is 0 Å². The highest BCUT2D eigenvalue weighted by Gasteiger charge is 2.52. The van der Waals surface area contributed by atoms with Gasteiger partial charge in [0.2, 0.25) is 5.88 Å². The molecule has 2 bridgehead atoms. The standard InChI is InChI=1S/C19H20FN3O/c20-17-8-15(21)1-2-16(17)13-7-12-9-19(24-18(12)22-10-13)11-23-5-3-14(19)4-6-23/h1-2,7-8,10,14H,3-6,9,11,21H2. The molecule has 1 atom stereocenters. The monoisotopic (exact) mass is 325 g/mol. The molecule has 124 valence electrons. The van der Waals surface area contributed by atoms with Gasteiger partial charge in [-0.3, -0.25) is 4.90 Å². The van der Waals surface area contributed by atoms with Gasteiger partial charge in [-0.05, 0) is 50.2 Å². The lowest BCUT2D eigenvalue weighted by atomic mass is 9.73. The summed E-state index contributed by atoms with van der Waals surface area (Å²) in [6.45, 7) is 3.35. The number of hydrogen-bond acceptors (Lipinski definition) is 4. The van der Waals surface area contributed by atoms with E-state index in [-0.39, 0.29) is 11.4 Å². The van der Waals surface area contributed by atoms with Crippen molar-refractivity contribution in [2.75, 3.05) is 25.4 Å². The molecule has 1 aromatic carbocycles. The van der Waals surface area contributed by atoms with E-state index in [1.165, 1.54) is 32.0 Å². The van der Waals surface area contributed by atoms with Gasteiger partial charge in [-0.1, -0.05) is 0 Å². The smallest absolute Gasteiger partial charge is 0.217 e. The molecule has 4 nitrogen and oxygen atoms in total. The van der Waals surface area contributed by atoms with E-state index in [1.54, 1.807) is 18.3 Å². The summed E-state index contributed by atoms with van der Waals surface area (Å²) in [5.41, 5.74) is 8.37. The molecule has 0 aliphatic carbocycles. The molecular weight excluding hydrogens is 305 g/mol. The maximum absolute atomic E-state index is 14.2. The summed E-state index contributed by atoms with van der Waals surface area (Å²) in [7, 11) is 0. The van der Waals surface area contributed by atoms with Crippen LogP contribution in [0.1, 0.15) is 18.4 Å². The molecule has 24 heavy (non-hydrogen) atoms. The molecule has 3 fully saturated rings. The van der Waals surface area contributed by atoms with Gasteiger partial charge in [0, 0.05) is 47.5 Å². The predicted molar refractivity (Wildman–Crippen MR) is 90.3 cm³/mol. The van der Waals surface area contributed by atoms with E-state index in [9.17, 15) is 4.39 Å². The Labute approximate surface area is 140 Å². The molecule has 4 aliphatic heterocycles. The minimum Gasteiger partial charge on any atom is -0.469 e. The Hall–Kier alpha value is -2.14. The van der Waals surface area contributed by atoms with E-state index in [1.807, 2.05) is 6.07 Å². The Morgan fingerprint density at radius 3 is 2.79 bits per heavy atom. The molecule has 4 aliphatic rings. The molecule has 3 saturated heterocycles. The maximum atomic E-state index is 14.2. The van der Waals surface area contributed by atoms with Crippen LogP contribution in [0.5, 0.6) is 5.88 Å². The van der Waals surface area contributed by atoms with Gasteiger partial charge in [-0.15, -0.1) is 0 Å². The number of nitrogens with two attached hydrogens (primary N) is 1. The fourth-order valence-electron chi connectivity index (χ4n) is 4.62. The second-order valence-electron chi connectivity index (χ2n) is 7.32. The van der Waals surface area contributed by atoms with Crippen LogP contribution in [0, 0.1) is 11.7 Å². The van der Waals surface area contributed by atoms with Crippen LogP contribution >= 0.6 is 0 Å². The number of hydrogen-bond donors (Lipinski definition) is 1. The summed E-state index contributed by atoms with van der Waals surface area (Å²) >= 11 is 0. The van der Waals surface area contributed by atoms with Crippen LogP contribution < -0.4 is 10.5 Å². The lowest BCUT2D eigenvalue weighted by Gasteiger charge is -2.50. The van der Waals surface area contributed by atoms with Crippen LogP contribution in [0.2, 0.25) is 0 Å². The van der Waals surface area contributed by atoms with Crippen LogP contribution in [0.3, 0.4) is 0 Å². The number of halogens is 1. The molecule has 5 heterocycles. The first kappa shape index (κ1) is 14.2. The summed E-state index contributed by atoms with van der Waals surface area (Å²) < 4.78 is 20.6. The summed E-state index contributed by atoms with van der Waals surface area (Å²) in [5, 5.41) is 0. The third-order valence-electron chi connectivity index (χ3n) is 5.84. The predicted octanol–water partition coefficient (Wildman–Crippen LogP) is 2.87. The molecule has 1 aromatic heterocycles. The number of aromatic nitrogens is 1. The fraction of sp³-hybridized carbons (Fsp3) is 0.421. The molecule has 6 rings (SSSR count). The fourth-order valence-corrected chi connectivity index (χ4v) is 4.62. The number of rotatable bonds is 1. The van der Waals surface area contributed by atoms with Crippen molar-refractivity contribution >= 4 is 5.69 Å². The van der Waals surface area contributed by atoms with Crippen LogP contribution in [-0.4, -0.2) is 35.1 Å². The normalized spacial score (nSPS) is 30.4. The van der Waals surface area contributed by atoms with Crippen molar-refractivity contribution in [1.82, 2.24) is 9.88 Å². The van der Waals surface area contributed by atoms with E-state index in [0.717, 1.165) is 30.0 Å². The number of pyridine rings is 1. The molecule has 1 spiro atoms. The van der Waals surface area contributed by atoms with Gasteiger partial charge in [-0.2, -0.15) is 0 Å². The van der Waals surface area contributed by atoms with Crippen molar-refractivity contribution in [3.05, 3.63) is 41.8 Å². The number of nitrogen functional groups attached to an aromatic ring is 1. The zero-order chi connectivity index (χ0) is 16.3. The van der Waals surface area contributed by atoms with E-state index in [4.69, 9.17) is 10.5 Å². The highest BCUT2D eigenvalue weighted by molar-refractivity contribution is 5.67. The SMILES string of the molecule is Nc1ccc(-c2cnc3c(c2)CC2(CN4CCC2CC4)O3)c(F)c1. The Morgan fingerprint density at radius 1 is 1.25 bits per heavy atom. The quantitative estimate of drug-likeness (QED) is 0.819. The molecule has 2 aromatic rings. The van der Waals surface area contributed by atoms with E-state index in [0.29, 0.717) is 17.2 Å². The van der Waals surface area contributed by atoms with Gasteiger partial charge in [-0.25, -0.2) is 9.37 Å². The van der Waals surface area contributed by atoms with Gasteiger partial charge in [0.15, 0.2) is 0 Å². The number of piperidine rings is 3. The van der Waals surface area contributed by atoms with Crippen molar-refractivity contribution in [1.29, 1.82) is 0 Å². The van der Waals surface area contributed by atoms with Crippen molar-refractivity contribution in [3.8, 4) is 17.0 Å². The molecule has 5 heteroatoms. The highest BCUT2D eigenvalue weighted by Crippen LogP contribution is 2.46. The first-order valence-electron chi connectivity index (χ1n) is 8.59. The van der Waals surface area contributed by atoms with Gasteiger partial charge in [0.1, 0.15) is 11.4 Å². The van der Waals surface area contributed by atoms with Gasteiger partial charge >= 0.3 is 0 Å². The molecular formula is C19H20FN3O. The van der Waals surface area contributed by atoms with Crippen LogP contribution in [0.4, 0.5) is 10.1 Å². The Balaban J connectivity index is 1.50. The summed E-state index contributed by atoms with van der Waals surface area (Å²) in [6, 6.07) is 6.82. The van der Waals surface area contributed by atoms with Crippen LogP contribution in [0.15, 0.2) is 30.5 Å². The minimum atomic E-state index is -0.312. The molecule has 0 saturated carbocycles. The number of nitrogens with zero attached hydrogens (tertiary/aromatic N) is 2. The third-order valence-corrected chi connectivity index (χ3v) is 5.84. The largest absolute Gasteiger partial charge is 0.469 e. The van der Waals surface area contributed by atoms with Gasteiger partial charge in [0.05, 0.1) is 0 Å². The lowest BCUT2D eigenvalue weighted by Crippen LogP contribution is -2.61. The first-order valence-corrected chi connectivity index (χ1v) is 8.59. The highest BCUT2D eigenvalue weighted by atomic mass is 19.1. The second-order valence-corrected chi connectivity index (χ2v) is 7.32. The molecule has 1 unspecified atom stereocenters. The number of ether oxygens (including phenoxy) is 1. The average Bonchev–Trinajstić information content (AvgIpc) is 2.92. The number of anilines is 1. The Kier molecular flexibility index (Phi) is 2.92. The first-order chi connectivity index (χ1) is 11.6. The van der Waals surface area contributed by atoms with E-state index >= 15 is 0 Å². The summed E-state index contributed by atoms with van der Waals surface area (Å²) in [6.07, 6.45) is 4.98. The van der Waals surface area contributed by atoms with Crippen LogP contribution in [0.25, 0.3) is 11.1 Å². The minimum absolute atomic E-state index is 0.121. The summed E-state index contributed by atoms with van der Waals surface area (Å²) in [5.74, 6) is 1.02. The molecule has 0 radical (unpaired) electrons. The Bertz CT molecular complexity index is 816. The molecule has 0 amide bonds. The number of fused-ring (bicyclic) bond motifs is 3. The van der Waals surface area contributed by atoms with E-state index in [2.05, 4.69) is 9.88 Å². The van der Waals surface area contributed by atoms with Crippen molar-refractivity contribution < 1.29 is 9.13 Å². The van der Waals surface area contributed by atoms with Crippen molar-refractivity contribution in [2.45, 2.75) is 24.9 Å². The second kappa shape index (κ2) is 4.93. The maximum Gasteiger partial charge on any atom is 0.217 e. The topological polar surface area (TPSA) is 51.4 Å². The molecule has 2 N–H and O–H groups in total.